The van der Waals surface area contributed by atoms with Crippen molar-refractivity contribution < 1.29 is 9.53 Å². The Bertz CT molecular complexity index is 1010. The smallest absolute Gasteiger partial charge is 0.315 e. The summed E-state index contributed by atoms with van der Waals surface area (Å²) in [5.74, 6) is -0.637. The molecule has 8 nitrogen and oxygen atoms in total. The fourth-order valence-electron chi connectivity index (χ4n) is 4.07. The van der Waals surface area contributed by atoms with Gasteiger partial charge in [0, 0.05) is 24.9 Å². The molecule has 2 amide bonds. The van der Waals surface area contributed by atoms with Crippen LogP contribution in [0.25, 0.3) is 0 Å². The van der Waals surface area contributed by atoms with Crippen LogP contribution in [0.4, 0.5) is 4.79 Å². The summed E-state index contributed by atoms with van der Waals surface area (Å²) in [6, 6.07) is 12.5. The lowest BCUT2D eigenvalue weighted by molar-refractivity contribution is 0.190. The van der Waals surface area contributed by atoms with Gasteiger partial charge in [0.15, 0.2) is 5.41 Å². The Hall–Kier alpha value is -3.96. The molecule has 1 aliphatic heterocycles. The molecular weight excluding hydrogens is 356 g/mol. The Kier molecular flexibility index (Phi) is 4.69. The van der Waals surface area contributed by atoms with E-state index in [-0.39, 0.29) is 24.4 Å². The van der Waals surface area contributed by atoms with Crippen molar-refractivity contribution in [1.29, 1.82) is 15.8 Å². The normalized spacial score (nSPS) is 22.8. The van der Waals surface area contributed by atoms with E-state index in [1.165, 1.54) is 12.0 Å². The molecule has 1 aliphatic carbocycles. The van der Waals surface area contributed by atoms with Gasteiger partial charge in [-0.05, 0) is 23.3 Å². The summed E-state index contributed by atoms with van der Waals surface area (Å²) in [4.78, 5) is 13.2. The Labute approximate surface area is 162 Å². The zero-order valence-corrected chi connectivity index (χ0v) is 15.2. The summed E-state index contributed by atoms with van der Waals surface area (Å²) < 4.78 is 5.29. The standard InChI is InChI=1S/C20H18N6O2/c1-28-13-4-2-3-12(7-13)17-16-9-26(19(25)27)6-5-14(16)15(8-21)18(24)20(17,10-22)11-23/h2-5,7,16-17H,6,9,24H2,1H3,(H2,25,27)/t16-,17-/m1/s1. The predicted octanol–water partition coefficient (Wildman–Crippen LogP) is 1.50. The lowest BCUT2D eigenvalue weighted by atomic mass is 9.58. The molecule has 3 rings (SSSR count). The minimum Gasteiger partial charge on any atom is -0.497 e. The van der Waals surface area contributed by atoms with Gasteiger partial charge in [0.05, 0.1) is 30.5 Å². The van der Waals surface area contributed by atoms with E-state index in [0.29, 0.717) is 16.9 Å². The molecule has 0 aromatic heterocycles. The average Bonchev–Trinajstić information content (AvgIpc) is 2.72. The molecule has 1 heterocycles. The molecular formula is C20H18N6O2. The second kappa shape index (κ2) is 6.98. The molecule has 0 spiro atoms. The van der Waals surface area contributed by atoms with Crippen molar-refractivity contribution in [3.63, 3.8) is 0 Å². The van der Waals surface area contributed by atoms with Crippen LogP contribution >= 0.6 is 0 Å². The van der Waals surface area contributed by atoms with Gasteiger partial charge >= 0.3 is 6.03 Å². The molecule has 8 heteroatoms. The number of nitriles is 3. The van der Waals surface area contributed by atoms with E-state index in [0.717, 1.165) is 0 Å². The molecule has 0 bridgehead atoms. The summed E-state index contributed by atoms with van der Waals surface area (Å²) in [6.45, 7) is 0.406. The van der Waals surface area contributed by atoms with E-state index in [9.17, 15) is 20.6 Å². The number of benzene rings is 1. The van der Waals surface area contributed by atoms with Crippen LogP contribution in [0.1, 0.15) is 11.5 Å². The van der Waals surface area contributed by atoms with Gasteiger partial charge in [-0.15, -0.1) is 0 Å². The number of ether oxygens (including phenoxy) is 1. The van der Waals surface area contributed by atoms with Gasteiger partial charge in [-0.25, -0.2) is 4.79 Å². The number of rotatable bonds is 2. The topological polar surface area (TPSA) is 153 Å². The van der Waals surface area contributed by atoms with Gasteiger partial charge in [-0.1, -0.05) is 18.2 Å². The first kappa shape index (κ1) is 18.8. The first-order chi connectivity index (χ1) is 13.4. The van der Waals surface area contributed by atoms with E-state index in [2.05, 4.69) is 0 Å². The average molecular weight is 374 g/mol. The van der Waals surface area contributed by atoms with Crippen LogP contribution < -0.4 is 16.2 Å². The lowest BCUT2D eigenvalue weighted by Crippen LogP contribution is -2.50. The highest BCUT2D eigenvalue weighted by atomic mass is 16.5. The number of methoxy groups -OCH3 is 1. The van der Waals surface area contributed by atoms with Crippen LogP contribution in [0.5, 0.6) is 5.75 Å². The molecule has 4 N–H and O–H groups in total. The second-order valence-electron chi connectivity index (χ2n) is 6.70. The molecule has 140 valence electrons. The van der Waals surface area contributed by atoms with Gasteiger partial charge in [-0.2, -0.15) is 15.8 Å². The highest BCUT2D eigenvalue weighted by Crippen LogP contribution is 2.54. The van der Waals surface area contributed by atoms with Crippen molar-refractivity contribution in [3.8, 4) is 24.0 Å². The van der Waals surface area contributed by atoms with Crippen LogP contribution in [0.2, 0.25) is 0 Å². The molecule has 2 aliphatic rings. The zero-order chi connectivity index (χ0) is 20.5. The quantitative estimate of drug-likeness (QED) is 0.800. The van der Waals surface area contributed by atoms with E-state index >= 15 is 0 Å². The first-order valence-electron chi connectivity index (χ1n) is 8.55. The number of nitrogens with two attached hydrogens (primary N) is 2. The molecule has 0 fully saturated rings. The third kappa shape index (κ3) is 2.62. The summed E-state index contributed by atoms with van der Waals surface area (Å²) >= 11 is 0. The number of hydrogen-bond donors (Lipinski definition) is 2. The monoisotopic (exact) mass is 374 g/mol. The maximum absolute atomic E-state index is 11.8. The number of fused-ring (bicyclic) bond motifs is 1. The highest BCUT2D eigenvalue weighted by Gasteiger charge is 2.54. The number of carbonyl (C=O) groups is 1. The Morgan fingerprint density at radius 2 is 2.04 bits per heavy atom. The van der Waals surface area contributed by atoms with Crippen molar-refractivity contribution in [1.82, 2.24) is 4.90 Å². The van der Waals surface area contributed by atoms with E-state index in [4.69, 9.17) is 16.2 Å². The number of amides is 2. The fourth-order valence-corrected chi connectivity index (χ4v) is 4.07. The van der Waals surface area contributed by atoms with Crippen LogP contribution in [-0.2, 0) is 0 Å². The van der Waals surface area contributed by atoms with Crippen molar-refractivity contribution in [3.05, 3.63) is 52.7 Å². The van der Waals surface area contributed by atoms with Crippen LogP contribution in [0.15, 0.2) is 47.2 Å². The minimum absolute atomic E-state index is 0.0668. The molecule has 0 saturated heterocycles. The Balaban J connectivity index is 2.31. The second-order valence-corrected chi connectivity index (χ2v) is 6.70. The van der Waals surface area contributed by atoms with Gasteiger partial charge in [0.2, 0.25) is 0 Å². The lowest BCUT2D eigenvalue weighted by Gasteiger charge is -2.45. The molecule has 0 unspecified atom stereocenters. The Morgan fingerprint density at radius 1 is 1.32 bits per heavy atom. The third-order valence-electron chi connectivity index (χ3n) is 5.43. The van der Waals surface area contributed by atoms with Crippen LogP contribution in [0.3, 0.4) is 0 Å². The van der Waals surface area contributed by atoms with E-state index < -0.39 is 23.3 Å². The predicted molar refractivity (Wildman–Crippen MR) is 98.9 cm³/mol. The first-order valence-corrected chi connectivity index (χ1v) is 8.55. The number of urea groups is 1. The molecule has 0 saturated carbocycles. The van der Waals surface area contributed by atoms with Gasteiger partial charge < -0.3 is 21.1 Å². The maximum atomic E-state index is 11.8. The minimum atomic E-state index is -1.76. The Morgan fingerprint density at radius 3 is 2.61 bits per heavy atom. The van der Waals surface area contributed by atoms with E-state index in [1.54, 1.807) is 30.3 Å². The SMILES string of the molecule is COc1cccc([C@@H]2[C@@H]3CN(C(N)=O)CC=C3C(C#N)=C(N)C2(C#N)C#N)c1. The maximum Gasteiger partial charge on any atom is 0.315 e. The molecule has 0 radical (unpaired) electrons. The summed E-state index contributed by atoms with van der Waals surface area (Å²) in [6.07, 6.45) is 1.72. The van der Waals surface area contributed by atoms with Crippen molar-refractivity contribution in [2.45, 2.75) is 5.92 Å². The zero-order valence-electron chi connectivity index (χ0n) is 15.2. The largest absolute Gasteiger partial charge is 0.497 e. The molecule has 1 aromatic rings. The van der Waals surface area contributed by atoms with Crippen LogP contribution in [0, 0.1) is 45.3 Å². The molecule has 28 heavy (non-hydrogen) atoms. The summed E-state index contributed by atoms with van der Waals surface area (Å²) in [5.41, 5.74) is 11.3. The van der Waals surface area contributed by atoms with Gasteiger partial charge in [0.25, 0.3) is 0 Å². The fraction of sp³-hybridized carbons (Fsp3) is 0.300. The summed E-state index contributed by atoms with van der Waals surface area (Å²) in [7, 11) is 1.52. The summed E-state index contributed by atoms with van der Waals surface area (Å²) in [5, 5.41) is 29.7. The number of hydrogen-bond acceptors (Lipinski definition) is 6. The van der Waals surface area contributed by atoms with Crippen molar-refractivity contribution >= 4 is 6.03 Å². The highest BCUT2D eigenvalue weighted by molar-refractivity contribution is 5.73. The molecule has 2 atom stereocenters. The number of primary amides is 1. The van der Waals surface area contributed by atoms with Gasteiger partial charge in [0.1, 0.15) is 11.8 Å². The van der Waals surface area contributed by atoms with Crippen molar-refractivity contribution in [2.24, 2.45) is 22.8 Å². The van der Waals surface area contributed by atoms with Gasteiger partial charge in [-0.3, -0.25) is 0 Å². The number of allylic oxidation sites excluding steroid dienone is 2. The number of carbonyl (C=O) groups excluding carboxylic acids is 1. The third-order valence-corrected chi connectivity index (χ3v) is 5.43. The molecule has 1 aromatic carbocycles. The van der Waals surface area contributed by atoms with Crippen LogP contribution in [-0.4, -0.2) is 31.1 Å². The van der Waals surface area contributed by atoms with Crippen molar-refractivity contribution in [2.75, 3.05) is 20.2 Å². The number of nitrogens with zero attached hydrogens (tertiary/aromatic N) is 4. The van der Waals surface area contributed by atoms with E-state index in [1.807, 2.05) is 18.2 Å².